The number of nitrogens with one attached hydrogen (secondary N) is 2. The van der Waals surface area contributed by atoms with E-state index < -0.39 is 42.4 Å². The summed E-state index contributed by atoms with van der Waals surface area (Å²) in [5.41, 5.74) is 5.34. The van der Waals surface area contributed by atoms with Crippen LogP contribution in [0.15, 0.2) is 0 Å². The summed E-state index contributed by atoms with van der Waals surface area (Å²) in [5.74, 6) is -3.54. The first-order chi connectivity index (χ1) is 12.6. The number of rotatable bonds is 14. The van der Waals surface area contributed by atoms with Crippen molar-refractivity contribution in [1.82, 2.24) is 10.6 Å². The van der Waals surface area contributed by atoms with E-state index in [9.17, 15) is 24.0 Å². The number of carbonyl (C=O) groups is 5. The van der Waals surface area contributed by atoms with E-state index in [0.29, 0.717) is 12.8 Å². The van der Waals surface area contributed by atoms with Gasteiger partial charge < -0.3 is 26.6 Å². The molecule has 0 aliphatic carbocycles. The number of hydrogen-bond acceptors (Lipinski definition) is 7. The van der Waals surface area contributed by atoms with Gasteiger partial charge in [-0.05, 0) is 19.8 Å². The van der Waals surface area contributed by atoms with Crippen LogP contribution in [0.4, 0.5) is 0 Å². The zero-order valence-corrected chi connectivity index (χ0v) is 16.2. The summed E-state index contributed by atoms with van der Waals surface area (Å²) in [5, 5.41) is 22.0. The normalized spacial score (nSPS) is 13.9. The third-order valence-electron chi connectivity index (χ3n) is 3.53. The van der Waals surface area contributed by atoms with Crippen LogP contribution in [-0.2, 0) is 24.0 Å². The Morgan fingerprint density at radius 1 is 1.15 bits per heavy atom. The standard InChI is InChI=1S/C16H27N3O7S/c1-3-10(6-9(2)20)27-8-12(15(24)18-7-14(22)23)19-13(21)5-4-11(17)16(25)26/h10-12H,3-8,17H2,1-2H3,(H,18,24)(H,19,21)(H,22,23)(H,25,26)/t10?,11-,12-/m0/s1. The molecule has 1 unspecified atom stereocenters. The predicted octanol–water partition coefficient (Wildman–Crippen LogP) is -0.645. The molecule has 0 aromatic carbocycles. The molecule has 27 heavy (non-hydrogen) atoms. The van der Waals surface area contributed by atoms with Gasteiger partial charge in [-0.3, -0.25) is 24.0 Å². The molecule has 0 heterocycles. The molecule has 0 aliphatic rings. The van der Waals surface area contributed by atoms with Crippen LogP contribution in [0.2, 0.25) is 0 Å². The summed E-state index contributed by atoms with van der Waals surface area (Å²) in [6, 6.07) is -2.20. The van der Waals surface area contributed by atoms with E-state index in [-0.39, 0.29) is 29.6 Å². The van der Waals surface area contributed by atoms with Crippen LogP contribution in [-0.4, -0.2) is 69.4 Å². The van der Waals surface area contributed by atoms with Crippen molar-refractivity contribution < 1.29 is 34.2 Å². The van der Waals surface area contributed by atoms with Crippen LogP contribution in [0, 0.1) is 0 Å². The lowest BCUT2D eigenvalue weighted by Crippen LogP contribution is -2.49. The third kappa shape index (κ3) is 12.0. The molecule has 0 aromatic rings. The van der Waals surface area contributed by atoms with E-state index in [1.54, 1.807) is 0 Å². The van der Waals surface area contributed by atoms with Gasteiger partial charge in [-0.1, -0.05) is 6.92 Å². The highest BCUT2D eigenvalue weighted by molar-refractivity contribution is 8.00. The smallest absolute Gasteiger partial charge is 0.322 e. The maximum atomic E-state index is 12.2. The number of carbonyl (C=O) groups excluding carboxylic acids is 3. The lowest BCUT2D eigenvalue weighted by atomic mass is 10.1. The molecule has 2 amide bonds. The monoisotopic (exact) mass is 405 g/mol. The summed E-state index contributed by atoms with van der Waals surface area (Å²) >= 11 is 1.33. The fraction of sp³-hybridized carbons (Fsp3) is 0.688. The first kappa shape index (κ1) is 24.9. The molecule has 154 valence electrons. The Kier molecular flexibility index (Phi) is 12.1. The van der Waals surface area contributed by atoms with Crippen molar-refractivity contribution in [2.45, 2.75) is 56.9 Å². The zero-order valence-electron chi connectivity index (χ0n) is 15.4. The number of amides is 2. The van der Waals surface area contributed by atoms with Gasteiger partial charge in [0.25, 0.3) is 0 Å². The second-order valence-corrected chi connectivity index (χ2v) is 7.32. The van der Waals surface area contributed by atoms with Crippen molar-refractivity contribution in [3.63, 3.8) is 0 Å². The molecule has 6 N–H and O–H groups in total. The zero-order chi connectivity index (χ0) is 21.0. The number of nitrogens with two attached hydrogens (primary N) is 1. The lowest BCUT2D eigenvalue weighted by Gasteiger charge is -2.21. The Morgan fingerprint density at radius 2 is 1.78 bits per heavy atom. The molecule has 0 spiro atoms. The second kappa shape index (κ2) is 13.1. The van der Waals surface area contributed by atoms with E-state index in [2.05, 4.69) is 10.6 Å². The molecule has 0 saturated heterocycles. The molecule has 0 bridgehead atoms. The molecule has 3 atom stereocenters. The Balaban J connectivity index is 4.83. The molecule has 11 heteroatoms. The fourth-order valence-corrected chi connectivity index (χ4v) is 3.31. The van der Waals surface area contributed by atoms with Gasteiger partial charge in [0.15, 0.2) is 0 Å². The molecule has 0 fully saturated rings. The summed E-state index contributed by atoms with van der Waals surface area (Å²) in [6.45, 7) is 2.77. The van der Waals surface area contributed by atoms with Crippen molar-refractivity contribution >= 4 is 41.3 Å². The highest BCUT2D eigenvalue weighted by atomic mass is 32.2. The van der Waals surface area contributed by atoms with Crippen molar-refractivity contribution in [1.29, 1.82) is 0 Å². The Hall–Kier alpha value is -2.14. The van der Waals surface area contributed by atoms with Gasteiger partial charge in [-0.15, -0.1) is 0 Å². The summed E-state index contributed by atoms with van der Waals surface area (Å²) in [4.78, 5) is 56.7. The Morgan fingerprint density at radius 3 is 2.26 bits per heavy atom. The maximum absolute atomic E-state index is 12.2. The van der Waals surface area contributed by atoms with E-state index in [1.165, 1.54) is 18.7 Å². The fourth-order valence-electron chi connectivity index (χ4n) is 2.02. The van der Waals surface area contributed by atoms with Crippen LogP contribution in [0.25, 0.3) is 0 Å². The number of carboxylic acid groups (broad SMARTS) is 2. The number of hydrogen-bond donors (Lipinski definition) is 5. The quantitative estimate of drug-likeness (QED) is 0.251. The van der Waals surface area contributed by atoms with Gasteiger partial charge in [0.2, 0.25) is 11.8 Å². The average molecular weight is 405 g/mol. The van der Waals surface area contributed by atoms with Crippen molar-refractivity contribution in [3.8, 4) is 0 Å². The van der Waals surface area contributed by atoms with Gasteiger partial charge in [0.1, 0.15) is 24.4 Å². The maximum Gasteiger partial charge on any atom is 0.322 e. The first-order valence-corrected chi connectivity index (χ1v) is 9.49. The number of thioether (sulfide) groups is 1. The van der Waals surface area contributed by atoms with Crippen LogP contribution >= 0.6 is 11.8 Å². The van der Waals surface area contributed by atoms with Crippen LogP contribution < -0.4 is 16.4 Å². The number of Topliss-reactive ketones (excluding diaryl/α,β-unsaturated/α-hetero) is 1. The summed E-state index contributed by atoms with van der Waals surface area (Å²) in [7, 11) is 0. The van der Waals surface area contributed by atoms with Crippen molar-refractivity contribution in [3.05, 3.63) is 0 Å². The number of aliphatic carboxylic acids is 2. The third-order valence-corrected chi connectivity index (χ3v) is 5.03. The van der Waals surface area contributed by atoms with E-state index >= 15 is 0 Å². The molecular formula is C16H27N3O7S. The van der Waals surface area contributed by atoms with Gasteiger partial charge in [-0.2, -0.15) is 11.8 Å². The summed E-state index contributed by atoms with van der Waals surface area (Å²) in [6.07, 6.45) is 0.729. The topological polar surface area (TPSA) is 176 Å². The molecule has 0 rings (SSSR count). The minimum Gasteiger partial charge on any atom is -0.480 e. The van der Waals surface area contributed by atoms with E-state index in [0.717, 1.165) is 0 Å². The molecule has 0 aliphatic heterocycles. The lowest BCUT2D eigenvalue weighted by molar-refractivity contribution is -0.139. The number of carboxylic acids is 2. The Bertz CT molecular complexity index is 556. The second-order valence-electron chi connectivity index (χ2n) is 5.98. The minimum atomic E-state index is -1.23. The van der Waals surface area contributed by atoms with Crippen molar-refractivity contribution in [2.24, 2.45) is 5.73 Å². The van der Waals surface area contributed by atoms with Crippen molar-refractivity contribution in [2.75, 3.05) is 12.3 Å². The highest BCUT2D eigenvalue weighted by Crippen LogP contribution is 2.19. The van der Waals surface area contributed by atoms with E-state index in [1.807, 2.05) is 6.92 Å². The van der Waals surface area contributed by atoms with Crippen LogP contribution in [0.1, 0.15) is 39.5 Å². The molecule has 0 aromatic heterocycles. The minimum absolute atomic E-state index is 0.00734. The molecule has 10 nitrogen and oxygen atoms in total. The van der Waals surface area contributed by atoms with Gasteiger partial charge in [-0.25, -0.2) is 0 Å². The van der Waals surface area contributed by atoms with Crippen LogP contribution in [0.5, 0.6) is 0 Å². The van der Waals surface area contributed by atoms with E-state index in [4.69, 9.17) is 15.9 Å². The molecule has 0 radical (unpaired) electrons. The molecule has 0 saturated carbocycles. The first-order valence-electron chi connectivity index (χ1n) is 8.45. The van der Waals surface area contributed by atoms with Crippen LogP contribution in [0.3, 0.4) is 0 Å². The molecular weight excluding hydrogens is 378 g/mol. The van der Waals surface area contributed by atoms with Gasteiger partial charge in [0, 0.05) is 23.8 Å². The SMILES string of the molecule is CCC(CC(C)=O)SC[C@H](NC(=O)CC[C@H](N)C(=O)O)C(=O)NCC(=O)O. The Labute approximate surface area is 161 Å². The average Bonchev–Trinajstić information content (AvgIpc) is 2.59. The largest absolute Gasteiger partial charge is 0.480 e. The van der Waals surface area contributed by atoms with Gasteiger partial charge in [0.05, 0.1) is 0 Å². The number of ketones is 1. The summed E-state index contributed by atoms with van der Waals surface area (Å²) < 4.78 is 0. The highest BCUT2D eigenvalue weighted by Gasteiger charge is 2.24. The predicted molar refractivity (Wildman–Crippen MR) is 99.3 cm³/mol. The van der Waals surface area contributed by atoms with Gasteiger partial charge >= 0.3 is 11.9 Å².